The predicted octanol–water partition coefficient (Wildman–Crippen LogP) is 2.01. The fourth-order valence-corrected chi connectivity index (χ4v) is 3.05. The molecule has 20 heavy (non-hydrogen) atoms. The first-order chi connectivity index (χ1) is 9.63. The van der Waals surface area contributed by atoms with E-state index in [1.165, 1.54) is 18.4 Å². The van der Waals surface area contributed by atoms with Crippen molar-refractivity contribution in [3.63, 3.8) is 0 Å². The Morgan fingerprint density at radius 3 is 2.90 bits per heavy atom. The summed E-state index contributed by atoms with van der Waals surface area (Å²) in [6.45, 7) is 8.37. The van der Waals surface area contributed by atoms with Gasteiger partial charge in [0.25, 0.3) is 0 Å². The zero-order chi connectivity index (χ0) is 14.1. The average Bonchev–Trinajstić information content (AvgIpc) is 3.19. The maximum absolute atomic E-state index is 6.26. The summed E-state index contributed by atoms with van der Waals surface area (Å²) in [7, 11) is 0. The van der Waals surface area contributed by atoms with Crippen LogP contribution in [0.5, 0.6) is 0 Å². The Balaban J connectivity index is 1.57. The van der Waals surface area contributed by atoms with E-state index in [-0.39, 0.29) is 6.04 Å². The smallest absolute Gasteiger partial charge is 0.0881 e. The molecule has 2 atom stereocenters. The first kappa shape index (κ1) is 14.1. The summed E-state index contributed by atoms with van der Waals surface area (Å²) in [5, 5.41) is 0. The highest BCUT2D eigenvalue weighted by atomic mass is 16.5. The van der Waals surface area contributed by atoms with Crippen LogP contribution in [0.15, 0.2) is 18.5 Å². The Bertz CT molecular complexity index is 439. The maximum atomic E-state index is 6.26. The summed E-state index contributed by atoms with van der Waals surface area (Å²) in [5.74, 6) is 0.716. The molecule has 4 nitrogen and oxygen atoms in total. The van der Waals surface area contributed by atoms with Crippen molar-refractivity contribution in [2.24, 2.45) is 11.7 Å². The number of morpholine rings is 1. The molecule has 1 aromatic heterocycles. The van der Waals surface area contributed by atoms with Crippen molar-refractivity contribution in [1.82, 2.24) is 9.47 Å². The van der Waals surface area contributed by atoms with Gasteiger partial charge >= 0.3 is 0 Å². The highest BCUT2D eigenvalue weighted by Crippen LogP contribution is 2.39. The normalized spacial score (nSPS) is 26.1. The van der Waals surface area contributed by atoms with Crippen LogP contribution in [0, 0.1) is 5.92 Å². The molecule has 1 aliphatic heterocycles. The molecule has 2 heterocycles. The monoisotopic (exact) mass is 277 g/mol. The Hall–Kier alpha value is -0.840. The van der Waals surface area contributed by atoms with Gasteiger partial charge in [-0.1, -0.05) is 0 Å². The van der Waals surface area contributed by atoms with E-state index >= 15 is 0 Å². The predicted molar refractivity (Wildman–Crippen MR) is 80.5 cm³/mol. The van der Waals surface area contributed by atoms with Crippen LogP contribution >= 0.6 is 0 Å². The molecule has 2 fully saturated rings. The lowest BCUT2D eigenvalue weighted by molar-refractivity contribution is -0.0455. The number of rotatable bonds is 5. The summed E-state index contributed by atoms with van der Waals surface area (Å²) < 4.78 is 8.14. The van der Waals surface area contributed by atoms with Crippen LogP contribution in [0.1, 0.15) is 38.3 Å². The molecule has 1 aromatic rings. The summed E-state index contributed by atoms with van der Waals surface area (Å²) in [6, 6.07) is 3.01. The molecule has 3 rings (SSSR count). The third-order valence-electron chi connectivity index (χ3n) is 4.60. The molecule has 0 aromatic carbocycles. The van der Waals surface area contributed by atoms with Gasteiger partial charge in [-0.15, -0.1) is 0 Å². The summed E-state index contributed by atoms with van der Waals surface area (Å²) in [4.78, 5) is 2.49. The van der Waals surface area contributed by atoms with Gasteiger partial charge in [0, 0.05) is 44.1 Å². The van der Waals surface area contributed by atoms with Crippen LogP contribution in [-0.2, 0) is 11.3 Å². The third-order valence-corrected chi connectivity index (χ3v) is 4.60. The second kappa shape index (κ2) is 5.88. The summed E-state index contributed by atoms with van der Waals surface area (Å²) in [6.07, 6.45) is 7.24. The second-order valence-electron chi connectivity index (χ2n) is 6.59. The Morgan fingerprint density at radius 2 is 2.20 bits per heavy atom. The maximum Gasteiger partial charge on any atom is 0.0881 e. The summed E-state index contributed by atoms with van der Waals surface area (Å²) in [5.41, 5.74) is 7.54. The largest absolute Gasteiger partial charge is 0.374 e. The van der Waals surface area contributed by atoms with Crippen LogP contribution in [0.3, 0.4) is 0 Å². The van der Waals surface area contributed by atoms with Crippen molar-refractivity contribution in [3.05, 3.63) is 24.0 Å². The van der Waals surface area contributed by atoms with Crippen LogP contribution in [-0.4, -0.2) is 41.3 Å². The van der Waals surface area contributed by atoms with E-state index < -0.39 is 0 Å². The number of nitrogens with two attached hydrogens (primary N) is 1. The molecule has 1 saturated carbocycles. The SMILES string of the molecule is CC(C)N1CCOC(Cn2ccc(C(N)C3CC3)c2)C1. The van der Waals surface area contributed by atoms with E-state index in [0.29, 0.717) is 18.1 Å². The van der Waals surface area contributed by atoms with Crippen LogP contribution in [0.25, 0.3) is 0 Å². The van der Waals surface area contributed by atoms with Gasteiger partial charge in [0.1, 0.15) is 0 Å². The number of ether oxygens (including phenoxy) is 1. The standard InChI is InChI=1S/C16H27N3O/c1-12(2)19-7-8-20-15(11-19)10-18-6-5-14(9-18)16(17)13-3-4-13/h5-6,9,12-13,15-16H,3-4,7-8,10-11,17H2,1-2H3. The lowest BCUT2D eigenvalue weighted by atomic mass is 10.1. The van der Waals surface area contributed by atoms with Gasteiger partial charge in [-0.2, -0.15) is 0 Å². The van der Waals surface area contributed by atoms with Crippen LogP contribution < -0.4 is 5.73 Å². The van der Waals surface area contributed by atoms with E-state index in [1.807, 2.05) is 0 Å². The quantitative estimate of drug-likeness (QED) is 0.895. The molecule has 112 valence electrons. The first-order valence-electron chi connectivity index (χ1n) is 7.90. The molecular formula is C16H27N3O. The van der Waals surface area contributed by atoms with Crippen molar-refractivity contribution in [2.75, 3.05) is 19.7 Å². The topological polar surface area (TPSA) is 43.4 Å². The lowest BCUT2D eigenvalue weighted by Crippen LogP contribution is -2.47. The molecule has 0 amide bonds. The van der Waals surface area contributed by atoms with Crippen molar-refractivity contribution in [2.45, 2.75) is 51.4 Å². The van der Waals surface area contributed by atoms with Crippen molar-refractivity contribution < 1.29 is 4.74 Å². The van der Waals surface area contributed by atoms with Gasteiger partial charge in [-0.05, 0) is 44.2 Å². The number of hydrogen-bond acceptors (Lipinski definition) is 3. The number of aromatic nitrogens is 1. The van der Waals surface area contributed by atoms with E-state index in [1.54, 1.807) is 0 Å². The van der Waals surface area contributed by atoms with Crippen LogP contribution in [0.4, 0.5) is 0 Å². The average molecular weight is 277 g/mol. The number of nitrogens with zero attached hydrogens (tertiary/aromatic N) is 2. The fraction of sp³-hybridized carbons (Fsp3) is 0.750. The highest BCUT2D eigenvalue weighted by molar-refractivity contribution is 5.17. The van der Waals surface area contributed by atoms with E-state index in [0.717, 1.165) is 26.2 Å². The molecular weight excluding hydrogens is 250 g/mol. The Labute approximate surface area is 121 Å². The van der Waals surface area contributed by atoms with Gasteiger partial charge in [-0.3, -0.25) is 4.90 Å². The van der Waals surface area contributed by atoms with Crippen molar-refractivity contribution >= 4 is 0 Å². The van der Waals surface area contributed by atoms with E-state index in [4.69, 9.17) is 10.5 Å². The Kier molecular flexibility index (Phi) is 4.15. The minimum Gasteiger partial charge on any atom is -0.374 e. The molecule has 2 N–H and O–H groups in total. The molecule has 1 saturated heterocycles. The Morgan fingerprint density at radius 1 is 1.40 bits per heavy atom. The van der Waals surface area contributed by atoms with Crippen molar-refractivity contribution in [1.29, 1.82) is 0 Å². The fourth-order valence-electron chi connectivity index (χ4n) is 3.05. The molecule has 1 aliphatic carbocycles. The molecule has 0 radical (unpaired) electrons. The van der Waals surface area contributed by atoms with E-state index in [9.17, 15) is 0 Å². The minimum absolute atomic E-state index is 0.232. The lowest BCUT2D eigenvalue weighted by Gasteiger charge is -2.35. The first-order valence-corrected chi connectivity index (χ1v) is 7.90. The summed E-state index contributed by atoms with van der Waals surface area (Å²) >= 11 is 0. The zero-order valence-electron chi connectivity index (χ0n) is 12.7. The van der Waals surface area contributed by atoms with E-state index in [2.05, 4.69) is 41.8 Å². The van der Waals surface area contributed by atoms with Crippen LogP contribution in [0.2, 0.25) is 0 Å². The minimum atomic E-state index is 0.232. The van der Waals surface area contributed by atoms with Gasteiger partial charge in [0.05, 0.1) is 12.7 Å². The molecule has 2 unspecified atom stereocenters. The second-order valence-corrected chi connectivity index (χ2v) is 6.59. The molecule has 2 aliphatic rings. The molecule has 0 spiro atoms. The molecule has 0 bridgehead atoms. The zero-order valence-corrected chi connectivity index (χ0v) is 12.7. The number of hydrogen-bond donors (Lipinski definition) is 1. The van der Waals surface area contributed by atoms with Gasteiger partial charge in [0.15, 0.2) is 0 Å². The van der Waals surface area contributed by atoms with Gasteiger partial charge in [-0.25, -0.2) is 0 Å². The third kappa shape index (κ3) is 3.25. The van der Waals surface area contributed by atoms with Gasteiger partial charge < -0.3 is 15.0 Å². The van der Waals surface area contributed by atoms with Gasteiger partial charge in [0.2, 0.25) is 0 Å². The molecule has 4 heteroatoms. The van der Waals surface area contributed by atoms with Crippen molar-refractivity contribution in [3.8, 4) is 0 Å². The highest BCUT2D eigenvalue weighted by Gasteiger charge is 2.30.